The van der Waals surface area contributed by atoms with Crippen LogP contribution < -0.4 is 5.32 Å². The molecule has 1 aromatic rings. The minimum absolute atomic E-state index is 0.0341. The first-order valence-electron chi connectivity index (χ1n) is 8.04. The maximum absolute atomic E-state index is 5.67. The van der Waals surface area contributed by atoms with E-state index in [-0.39, 0.29) is 12.2 Å². The van der Waals surface area contributed by atoms with Crippen LogP contribution in [0.1, 0.15) is 49.9 Å². The van der Waals surface area contributed by atoms with Crippen LogP contribution in [0.15, 0.2) is 4.52 Å². The van der Waals surface area contributed by atoms with Crippen molar-refractivity contribution in [2.75, 3.05) is 26.8 Å². The lowest BCUT2D eigenvalue weighted by molar-refractivity contribution is 0.0246. The standard InChI is InChI=1S/C15H25N3O3/c1-19-14(11-5-3-2-4-6-11)15-17-13(21-18-15)9-12-10-16-7-8-20-12/h11-12,14,16H,2-10H2,1H3. The Morgan fingerprint density at radius 3 is 2.90 bits per heavy atom. The van der Waals surface area contributed by atoms with Gasteiger partial charge in [0.2, 0.25) is 11.7 Å². The Morgan fingerprint density at radius 1 is 1.33 bits per heavy atom. The highest BCUT2D eigenvalue weighted by atomic mass is 16.5. The molecule has 2 fully saturated rings. The van der Waals surface area contributed by atoms with Gasteiger partial charge in [-0.05, 0) is 18.8 Å². The Hall–Kier alpha value is -0.980. The minimum atomic E-state index is -0.0341. The Bertz CT molecular complexity index is 426. The molecule has 0 spiro atoms. The quantitative estimate of drug-likeness (QED) is 0.894. The fourth-order valence-electron chi connectivity index (χ4n) is 3.36. The summed E-state index contributed by atoms with van der Waals surface area (Å²) in [6, 6.07) is 0. The van der Waals surface area contributed by atoms with Gasteiger partial charge in [-0.15, -0.1) is 0 Å². The molecule has 1 saturated carbocycles. The molecule has 2 heterocycles. The van der Waals surface area contributed by atoms with Crippen molar-refractivity contribution >= 4 is 0 Å². The average molecular weight is 295 g/mol. The second kappa shape index (κ2) is 7.33. The Kier molecular flexibility index (Phi) is 5.22. The highest BCUT2D eigenvalue weighted by Crippen LogP contribution is 2.35. The summed E-state index contributed by atoms with van der Waals surface area (Å²) in [5.41, 5.74) is 0. The number of hydrogen-bond donors (Lipinski definition) is 1. The van der Waals surface area contributed by atoms with Crippen molar-refractivity contribution in [3.63, 3.8) is 0 Å². The molecule has 6 heteroatoms. The molecule has 2 aliphatic rings. The van der Waals surface area contributed by atoms with E-state index in [0.29, 0.717) is 24.1 Å². The summed E-state index contributed by atoms with van der Waals surface area (Å²) in [6.45, 7) is 2.50. The van der Waals surface area contributed by atoms with Crippen LogP contribution in [0.2, 0.25) is 0 Å². The number of methoxy groups -OCH3 is 1. The summed E-state index contributed by atoms with van der Waals surface area (Å²) in [7, 11) is 1.74. The van der Waals surface area contributed by atoms with Gasteiger partial charge in [0, 0.05) is 20.2 Å². The molecule has 1 saturated heterocycles. The van der Waals surface area contributed by atoms with E-state index in [0.717, 1.165) is 19.7 Å². The fraction of sp³-hybridized carbons (Fsp3) is 0.867. The van der Waals surface area contributed by atoms with Gasteiger partial charge in [0.1, 0.15) is 6.10 Å². The fourth-order valence-corrected chi connectivity index (χ4v) is 3.36. The van der Waals surface area contributed by atoms with Gasteiger partial charge in [-0.3, -0.25) is 0 Å². The third-order valence-corrected chi connectivity index (χ3v) is 4.48. The maximum atomic E-state index is 5.67. The van der Waals surface area contributed by atoms with E-state index < -0.39 is 0 Å². The molecule has 21 heavy (non-hydrogen) atoms. The van der Waals surface area contributed by atoms with Crippen molar-refractivity contribution in [2.45, 2.75) is 50.7 Å². The molecule has 0 amide bonds. The molecule has 0 bridgehead atoms. The maximum Gasteiger partial charge on any atom is 0.229 e. The van der Waals surface area contributed by atoms with Gasteiger partial charge in [-0.2, -0.15) is 4.98 Å². The van der Waals surface area contributed by atoms with Gasteiger partial charge in [0.05, 0.1) is 19.1 Å². The van der Waals surface area contributed by atoms with Crippen molar-refractivity contribution in [3.8, 4) is 0 Å². The predicted octanol–water partition coefficient (Wildman–Crippen LogP) is 1.87. The lowest BCUT2D eigenvalue weighted by Crippen LogP contribution is -2.39. The first-order chi connectivity index (χ1) is 10.4. The van der Waals surface area contributed by atoms with Gasteiger partial charge in [-0.1, -0.05) is 24.4 Å². The minimum Gasteiger partial charge on any atom is -0.375 e. The molecule has 0 radical (unpaired) electrons. The number of nitrogens with zero attached hydrogens (tertiary/aromatic N) is 2. The summed E-state index contributed by atoms with van der Waals surface area (Å²) in [6.07, 6.45) is 7.03. The van der Waals surface area contributed by atoms with Crippen LogP contribution >= 0.6 is 0 Å². The molecule has 2 unspecified atom stereocenters. The third kappa shape index (κ3) is 3.81. The molecule has 6 nitrogen and oxygen atoms in total. The zero-order chi connectivity index (χ0) is 14.5. The number of ether oxygens (including phenoxy) is 2. The lowest BCUT2D eigenvalue weighted by atomic mass is 9.85. The highest BCUT2D eigenvalue weighted by Gasteiger charge is 2.29. The van der Waals surface area contributed by atoms with Gasteiger partial charge in [0.15, 0.2) is 0 Å². The van der Waals surface area contributed by atoms with E-state index in [1.165, 1.54) is 32.1 Å². The zero-order valence-electron chi connectivity index (χ0n) is 12.7. The Balaban J connectivity index is 1.61. The average Bonchev–Trinajstić information content (AvgIpc) is 2.98. The molecular weight excluding hydrogens is 270 g/mol. The van der Waals surface area contributed by atoms with E-state index >= 15 is 0 Å². The first-order valence-corrected chi connectivity index (χ1v) is 8.04. The molecule has 1 aliphatic heterocycles. The Morgan fingerprint density at radius 2 is 2.19 bits per heavy atom. The van der Waals surface area contributed by atoms with Crippen LogP contribution in [0.4, 0.5) is 0 Å². The Labute approximate surface area is 125 Å². The zero-order valence-corrected chi connectivity index (χ0v) is 12.7. The molecule has 0 aromatic carbocycles. The van der Waals surface area contributed by atoms with Crippen molar-refractivity contribution in [1.29, 1.82) is 0 Å². The molecule has 3 rings (SSSR count). The number of aromatic nitrogens is 2. The molecule has 1 aromatic heterocycles. The molecule has 2 atom stereocenters. The number of morpholine rings is 1. The second-order valence-corrected chi connectivity index (χ2v) is 6.00. The molecular formula is C15H25N3O3. The molecule has 118 valence electrons. The molecule has 1 N–H and O–H groups in total. The van der Waals surface area contributed by atoms with Crippen LogP contribution in [0.5, 0.6) is 0 Å². The number of hydrogen-bond acceptors (Lipinski definition) is 6. The van der Waals surface area contributed by atoms with Gasteiger partial charge < -0.3 is 19.3 Å². The summed E-state index contributed by atoms with van der Waals surface area (Å²) in [4.78, 5) is 4.54. The van der Waals surface area contributed by atoms with Crippen molar-refractivity contribution in [3.05, 3.63) is 11.7 Å². The highest BCUT2D eigenvalue weighted by molar-refractivity contribution is 4.96. The number of rotatable bonds is 5. The van der Waals surface area contributed by atoms with E-state index in [1.54, 1.807) is 7.11 Å². The van der Waals surface area contributed by atoms with Crippen molar-refractivity contribution < 1.29 is 14.0 Å². The summed E-state index contributed by atoms with van der Waals surface area (Å²) < 4.78 is 16.7. The topological polar surface area (TPSA) is 69.4 Å². The van der Waals surface area contributed by atoms with Gasteiger partial charge >= 0.3 is 0 Å². The number of nitrogens with one attached hydrogen (secondary N) is 1. The summed E-state index contributed by atoms with van der Waals surface area (Å²) in [5, 5.41) is 7.45. The summed E-state index contributed by atoms with van der Waals surface area (Å²) in [5.74, 6) is 1.86. The van der Waals surface area contributed by atoms with E-state index in [1.807, 2.05) is 0 Å². The van der Waals surface area contributed by atoms with Crippen LogP contribution in [-0.2, 0) is 15.9 Å². The van der Waals surface area contributed by atoms with Crippen molar-refractivity contribution in [1.82, 2.24) is 15.5 Å². The van der Waals surface area contributed by atoms with Crippen LogP contribution in [-0.4, -0.2) is 43.1 Å². The van der Waals surface area contributed by atoms with Crippen LogP contribution in [0.3, 0.4) is 0 Å². The second-order valence-electron chi connectivity index (χ2n) is 6.00. The van der Waals surface area contributed by atoms with E-state index in [4.69, 9.17) is 14.0 Å². The van der Waals surface area contributed by atoms with Crippen molar-refractivity contribution in [2.24, 2.45) is 5.92 Å². The largest absolute Gasteiger partial charge is 0.375 e. The lowest BCUT2D eigenvalue weighted by Gasteiger charge is -2.26. The normalized spacial score (nSPS) is 25.9. The smallest absolute Gasteiger partial charge is 0.229 e. The van der Waals surface area contributed by atoms with Crippen LogP contribution in [0.25, 0.3) is 0 Å². The van der Waals surface area contributed by atoms with E-state index in [9.17, 15) is 0 Å². The van der Waals surface area contributed by atoms with Gasteiger partial charge in [-0.25, -0.2) is 0 Å². The van der Waals surface area contributed by atoms with E-state index in [2.05, 4.69) is 15.5 Å². The van der Waals surface area contributed by atoms with Gasteiger partial charge in [0.25, 0.3) is 0 Å². The van der Waals surface area contributed by atoms with Crippen LogP contribution in [0, 0.1) is 5.92 Å². The predicted molar refractivity (Wildman–Crippen MR) is 76.9 cm³/mol. The monoisotopic (exact) mass is 295 g/mol. The SMILES string of the molecule is COC(c1noc(CC2CNCCO2)n1)C1CCCCC1. The molecule has 1 aliphatic carbocycles. The summed E-state index contributed by atoms with van der Waals surface area (Å²) >= 11 is 0. The third-order valence-electron chi connectivity index (χ3n) is 4.48. The first kappa shape index (κ1) is 14.9.